The number of carbonyl (C=O) groups is 2. The van der Waals surface area contributed by atoms with Crippen LogP contribution in [0.2, 0.25) is 0 Å². The molecule has 0 saturated carbocycles. The van der Waals surface area contributed by atoms with Crippen molar-refractivity contribution in [2.45, 2.75) is 31.6 Å². The smallest absolute Gasteiger partial charge is 0.341 e. The van der Waals surface area contributed by atoms with Gasteiger partial charge in [0.2, 0.25) is 15.9 Å². The van der Waals surface area contributed by atoms with Gasteiger partial charge in [0.1, 0.15) is 10.6 Å². The first kappa shape index (κ1) is 23.8. The second-order valence-corrected chi connectivity index (χ2v) is 10.3. The molecule has 0 radical (unpaired) electrons. The van der Waals surface area contributed by atoms with E-state index >= 15 is 0 Å². The zero-order valence-electron chi connectivity index (χ0n) is 17.6. The number of rotatable bonds is 7. The highest BCUT2D eigenvalue weighted by Gasteiger charge is 2.34. The van der Waals surface area contributed by atoms with E-state index in [9.17, 15) is 28.1 Å². The number of carbonyl (C=O) groups excluding carboxylic acids is 2. The number of benzene rings is 1. The molecule has 1 aromatic heterocycles. The zero-order valence-corrected chi connectivity index (χ0v) is 19.2. The summed E-state index contributed by atoms with van der Waals surface area (Å²) in [5.41, 5.74) is 0.833. The fraction of sp³-hybridized carbons (Fsp3) is 0.400. The van der Waals surface area contributed by atoms with Crippen LogP contribution in [-0.4, -0.2) is 49.2 Å². The molecule has 1 fully saturated rings. The largest absolute Gasteiger partial charge is 0.462 e. The fourth-order valence-electron chi connectivity index (χ4n) is 3.37. The summed E-state index contributed by atoms with van der Waals surface area (Å²) in [5, 5.41) is 13.4. The minimum atomic E-state index is -3.76. The lowest BCUT2D eigenvalue weighted by Crippen LogP contribution is -2.43. The molecular weight excluding hydrogens is 458 g/mol. The van der Waals surface area contributed by atoms with Crippen molar-refractivity contribution >= 4 is 43.2 Å². The monoisotopic (exact) mass is 481 g/mol. The number of amides is 1. The Labute approximate surface area is 189 Å². The zero-order chi connectivity index (χ0) is 23.5. The minimum absolute atomic E-state index is 0.0127. The molecule has 1 unspecified atom stereocenters. The van der Waals surface area contributed by atoms with Gasteiger partial charge in [0, 0.05) is 19.2 Å². The lowest BCUT2D eigenvalue weighted by molar-refractivity contribution is -0.380. The van der Waals surface area contributed by atoms with Crippen molar-refractivity contribution in [3.05, 3.63) is 51.6 Å². The van der Waals surface area contributed by atoms with E-state index in [1.807, 2.05) is 6.92 Å². The van der Waals surface area contributed by atoms with Crippen LogP contribution >= 0.6 is 11.3 Å². The van der Waals surface area contributed by atoms with E-state index in [4.69, 9.17) is 4.74 Å². The highest BCUT2D eigenvalue weighted by atomic mass is 32.2. The Balaban J connectivity index is 1.78. The molecule has 1 aliphatic rings. The SMILES string of the molecule is CCOC(=O)c1cc([N+](=O)[O-])sc1NC(=O)C1CCCN(S(=O)(=O)c2ccc(C)cc2)C1. The standard InChI is InChI=1S/C20H23N3O7S2/c1-3-30-20(25)16-11-17(23(26)27)31-19(16)21-18(24)14-5-4-10-22(12-14)32(28,29)15-8-6-13(2)7-9-15/h6-9,11,14H,3-5,10,12H2,1-2H3,(H,21,24). The number of aryl methyl sites for hydroxylation is 1. The van der Waals surface area contributed by atoms with E-state index in [0.29, 0.717) is 30.7 Å². The maximum absolute atomic E-state index is 13.0. The van der Waals surface area contributed by atoms with Crippen LogP contribution in [0.1, 0.15) is 35.7 Å². The van der Waals surface area contributed by atoms with Crippen molar-refractivity contribution in [2.24, 2.45) is 5.92 Å². The number of anilines is 1. The van der Waals surface area contributed by atoms with Crippen LogP contribution in [0.4, 0.5) is 10.0 Å². The summed E-state index contributed by atoms with van der Waals surface area (Å²) >= 11 is 0.655. The van der Waals surface area contributed by atoms with E-state index in [0.717, 1.165) is 11.6 Å². The normalized spacial score (nSPS) is 17.0. The van der Waals surface area contributed by atoms with E-state index in [1.54, 1.807) is 19.1 Å². The summed E-state index contributed by atoms with van der Waals surface area (Å²) in [7, 11) is -3.76. The summed E-state index contributed by atoms with van der Waals surface area (Å²) in [6.45, 7) is 3.80. The molecule has 12 heteroatoms. The maximum atomic E-state index is 13.0. The van der Waals surface area contributed by atoms with Gasteiger partial charge in [-0.05, 0) is 50.2 Å². The lowest BCUT2D eigenvalue weighted by Gasteiger charge is -2.31. The van der Waals surface area contributed by atoms with Gasteiger partial charge in [-0.25, -0.2) is 13.2 Å². The van der Waals surface area contributed by atoms with Gasteiger partial charge in [-0.2, -0.15) is 4.31 Å². The van der Waals surface area contributed by atoms with Crippen molar-refractivity contribution in [3.63, 3.8) is 0 Å². The molecule has 2 aromatic rings. The molecule has 1 N–H and O–H groups in total. The Morgan fingerprint density at radius 3 is 2.62 bits per heavy atom. The van der Waals surface area contributed by atoms with Crippen molar-refractivity contribution in [1.82, 2.24) is 4.31 Å². The molecule has 1 saturated heterocycles. The second-order valence-electron chi connectivity index (χ2n) is 7.31. The van der Waals surface area contributed by atoms with Crippen molar-refractivity contribution in [2.75, 3.05) is 25.0 Å². The van der Waals surface area contributed by atoms with E-state index < -0.39 is 32.7 Å². The maximum Gasteiger partial charge on any atom is 0.341 e. The highest BCUT2D eigenvalue weighted by molar-refractivity contribution is 7.89. The molecule has 0 bridgehead atoms. The molecule has 0 aliphatic carbocycles. The van der Waals surface area contributed by atoms with Crippen LogP contribution in [0.3, 0.4) is 0 Å². The molecule has 10 nitrogen and oxygen atoms in total. The molecule has 172 valence electrons. The molecule has 3 rings (SSSR count). The fourth-order valence-corrected chi connectivity index (χ4v) is 5.76. The highest BCUT2D eigenvalue weighted by Crippen LogP contribution is 2.35. The average molecular weight is 482 g/mol. The Kier molecular flexibility index (Phi) is 7.26. The van der Waals surface area contributed by atoms with Crippen molar-refractivity contribution in [3.8, 4) is 0 Å². The van der Waals surface area contributed by atoms with Crippen LogP contribution in [0.25, 0.3) is 0 Å². The molecule has 0 spiro atoms. The topological polar surface area (TPSA) is 136 Å². The van der Waals surface area contributed by atoms with Gasteiger partial charge < -0.3 is 10.1 Å². The van der Waals surface area contributed by atoms with Gasteiger partial charge in [0.05, 0.1) is 22.3 Å². The average Bonchev–Trinajstić information content (AvgIpc) is 3.18. The summed E-state index contributed by atoms with van der Waals surface area (Å²) in [4.78, 5) is 35.7. The first-order chi connectivity index (χ1) is 15.1. The van der Waals surface area contributed by atoms with E-state index in [1.165, 1.54) is 16.4 Å². The molecular formula is C20H23N3O7S2. The first-order valence-electron chi connectivity index (χ1n) is 9.96. The molecule has 1 aromatic carbocycles. The van der Waals surface area contributed by atoms with Gasteiger partial charge in [-0.3, -0.25) is 14.9 Å². The van der Waals surface area contributed by atoms with Crippen molar-refractivity contribution in [1.29, 1.82) is 0 Å². The number of nitro groups is 1. The number of sulfonamides is 1. The molecule has 32 heavy (non-hydrogen) atoms. The van der Waals surface area contributed by atoms with Gasteiger partial charge in [-0.1, -0.05) is 17.7 Å². The van der Waals surface area contributed by atoms with Crippen LogP contribution in [0, 0.1) is 23.0 Å². The summed E-state index contributed by atoms with van der Waals surface area (Å²) < 4.78 is 32.1. The third-order valence-corrected chi connectivity index (χ3v) is 7.93. The predicted octanol–water partition coefficient (Wildman–Crippen LogP) is 3.18. The number of piperidine rings is 1. The molecule has 1 aliphatic heterocycles. The third-order valence-electron chi connectivity index (χ3n) is 5.04. The third kappa shape index (κ3) is 5.14. The first-order valence-corrected chi connectivity index (χ1v) is 12.2. The number of esters is 1. The Hall–Kier alpha value is -2.83. The summed E-state index contributed by atoms with van der Waals surface area (Å²) in [6, 6.07) is 7.55. The molecule has 2 heterocycles. The van der Waals surface area contributed by atoms with Crippen LogP contribution in [0.15, 0.2) is 35.2 Å². The number of hydrogen-bond donors (Lipinski definition) is 1. The number of nitrogens with zero attached hydrogens (tertiary/aromatic N) is 2. The molecule has 1 amide bonds. The van der Waals surface area contributed by atoms with Gasteiger partial charge in [0.25, 0.3) is 0 Å². The summed E-state index contributed by atoms with van der Waals surface area (Å²) in [5.74, 6) is -1.95. The van der Waals surface area contributed by atoms with E-state index in [2.05, 4.69) is 5.32 Å². The summed E-state index contributed by atoms with van der Waals surface area (Å²) in [6.07, 6.45) is 0.937. The van der Waals surface area contributed by atoms with Gasteiger partial charge >= 0.3 is 11.0 Å². The lowest BCUT2D eigenvalue weighted by atomic mass is 9.99. The van der Waals surface area contributed by atoms with Crippen LogP contribution in [0.5, 0.6) is 0 Å². The Morgan fingerprint density at radius 2 is 2.00 bits per heavy atom. The minimum Gasteiger partial charge on any atom is -0.462 e. The van der Waals surface area contributed by atoms with Crippen LogP contribution in [-0.2, 0) is 19.6 Å². The Bertz CT molecular complexity index is 1130. The van der Waals surface area contributed by atoms with Crippen LogP contribution < -0.4 is 5.32 Å². The van der Waals surface area contributed by atoms with Gasteiger partial charge in [0.15, 0.2) is 0 Å². The van der Waals surface area contributed by atoms with Gasteiger partial charge in [-0.15, -0.1) is 0 Å². The van der Waals surface area contributed by atoms with Crippen molar-refractivity contribution < 1.29 is 27.7 Å². The second kappa shape index (κ2) is 9.76. The quantitative estimate of drug-likeness (QED) is 0.364. The number of thiophene rings is 1. The number of hydrogen-bond acceptors (Lipinski definition) is 8. The van der Waals surface area contributed by atoms with E-state index in [-0.39, 0.29) is 33.6 Å². The number of ether oxygens (including phenoxy) is 1. The number of nitrogens with one attached hydrogen (secondary N) is 1. The Morgan fingerprint density at radius 1 is 1.31 bits per heavy atom. The molecule has 1 atom stereocenters. The predicted molar refractivity (Wildman–Crippen MR) is 118 cm³/mol.